The molecule has 4 heteroatoms. The molecule has 0 saturated heterocycles. The number of halogens is 1. The van der Waals surface area contributed by atoms with Crippen molar-refractivity contribution in [2.75, 3.05) is 34.7 Å². The van der Waals surface area contributed by atoms with Crippen LogP contribution in [0.15, 0.2) is 4.99 Å². The molecule has 1 rings (SSSR count). The van der Waals surface area contributed by atoms with Gasteiger partial charge in [-0.05, 0) is 18.8 Å². The molecule has 0 atom stereocenters. The van der Waals surface area contributed by atoms with Crippen LogP contribution < -0.4 is 0 Å². The van der Waals surface area contributed by atoms with Crippen LogP contribution in [-0.4, -0.2) is 50.5 Å². The molecule has 0 heterocycles. The minimum atomic E-state index is 0. The van der Waals surface area contributed by atoms with Crippen LogP contribution in [0.4, 0.5) is 0 Å². The third-order valence-electron chi connectivity index (χ3n) is 3.30. The molecule has 0 unspecified atom stereocenters. The van der Waals surface area contributed by atoms with E-state index in [0.717, 1.165) is 18.4 Å². The van der Waals surface area contributed by atoms with Gasteiger partial charge in [-0.15, -0.1) is 24.0 Å². The number of guanidine groups is 1. The van der Waals surface area contributed by atoms with Crippen LogP contribution in [0.1, 0.15) is 38.5 Å². The molecule has 0 bridgehead atoms. The van der Waals surface area contributed by atoms with E-state index in [-0.39, 0.29) is 24.0 Å². The maximum atomic E-state index is 4.65. The van der Waals surface area contributed by atoms with Crippen molar-refractivity contribution >= 4 is 29.9 Å². The fraction of sp³-hybridized carbons (Fsp3) is 0.923. The van der Waals surface area contributed by atoms with Crippen molar-refractivity contribution in [2.45, 2.75) is 38.5 Å². The highest BCUT2D eigenvalue weighted by molar-refractivity contribution is 14.0. The van der Waals surface area contributed by atoms with Gasteiger partial charge in [0, 0.05) is 34.7 Å². The Bertz CT molecular complexity index is 211. The van der Waals surface area contributed by atoms with Crippen LogP contribution in [0, 0.1) is 5.92 Å². The van der Waals surface area contributed by atoms with E-state index >= 15 is 0 Å². The van der Waals surface area contributed by atoms with Crippen molar-refractivity contribution in [3.8, 4) is 0 Å². The topological polar surface area (TPSA) is 18.8 Å². The SMILES string of the molecule is CN(C)C(=NCCCC1CCCC1)N(C)C.I. The lowest BCUT2D eigenvalue weighted by atomic mass is 10.0. The molecule has 0 spiro atoms. The molecule has 17 heavy (non-hydrogen) atoms. The lowest BCUT2D eigenvalue weighted by Crippen LogP contribution is -2.35. The first-order chi connectivity index (χ1) is 7.61. The third-order valence-corrected chi connectivity index (χ3v) is 3.30. The van der Waals surface area contributed by atoms with Crippen LogP contribution in [0.3, 0.4) is 0 Å². The Morgan fingerprint density at radius 1 is 1.06 bits per heavy atom. The van der Waals surface area contributed by atoms with Gasteiger partial charge in [0.25, 0.3) is 0 Å². The summed E-state index contributed by atoms with van der Waals surface area (Å²) in [4.78, 5) is 8.81. The van der Waals surface area contributed by atoms with Gasteiger partial charge in [0.1, 0.15) is 0 Å². The first kappa shape index (κ1) is 17.0. The Kier molecular flexibility index (Phi) is 9.00. The summed E-state index contributed by atoms with van der Waals surface area (Å²) in [5.41, 5.74) is 0. The fourth-order valence-electron chi connectivity index (χ4n) is 2.54. The molecule has 0 aromatic rings. The fourth-order valence-corrected chi connectivity index (χ4v) is 2.54. The maximum Gasteiger partial charge on any atom is 0.195 e. The van der Waals surface area contributed by atoms with Gasteiger partial charge in [-0.2, -0.15) is 0 Å². The summed E-state index contributed by atoms with van der Waals surface area (Å²) in [6.07, 6.45) is 8.44. The van der Waals surface area contributed by atoms with E-state index in [1.165, 1.54) is 38.5 Å². The Morgan fingerprint density at radius 2 is 1.59 bits per heavy atom. The second-order valence-electron chi connectivity index (χ2n) is 5.26. The molecule has 1 aliphatic rings. The Hall–Kier alpha value is 0. The molecule has 3 nitrogen and oxygen atoms in total. The molecule has 0 aromatic heterocycles. The zero-order valence-corrected chi connectivity index (χ0v) is 14.1. The van der Waals surface area contributed by atoms with Gasteiger partial charge in [0.15, 0.2) is 5.96 Å². The maximum absolute atomic E-state index is 4.65. The first-order valence-corrected chi connectivity index (χ1v) is 6.50. The van der Waals surface area contributed by atoms with Crippen molar-refractivity contribution < 1.29 is 0 Å². The lowest BCUT2D eigenvalue weighted by molar-refractivity contribution is 0.466. The minimum Gasteiger partial charge on any atom is -0.349 e. The molecule has 0 aliphatic heterocycles. The third kappa shape index (κ3) is 6.48. The number of rotatable bonds is 4. The van der Waals surface area contributed by atoms with Gasteiger partial charge in [-0.1, -0.05) is 25.7 Å². The number of nitrogens with zero attached hydrogens (tertiary/aromatic N) is 3. The molecule has 1 fully saturated rings. The van der Waals surface area contributed by atoms with Crippen LogP contribution >= 0.6 is 24.0 Å². The summed E-state index contributed by atoms with van der Waals surface area (Å²) in [6, 6.07) is 0. The van der Waals surface area contributed by atoms with Crippen molar-refractivity contribution in [3.63, 3.8) is 0 Å². The van der Waals surface area contributed by atoms with E-state index in [0.29, 0.717) is 0 Å². The van der Waals surface area contributed by atoms with Gasteiger partial charge < -0.3 is 9.80 Å². The molecular formula is C13H28IN3. The summed E-state index contributed by atoms with van der Waals surface area (Å²) in [5.74, 6) is 2.07. The molecule has 0 N–H and O–H groups in total. The smallest absolute Gasteiger partial charge is 0.195 e. The Balaban J connectivity index is 0.00000256. The van der Waals surface area contributed by atoms with Gasteiger partial charge in [0.2, 0.25) is 0 Å². The first-order valence-electron chi connectivity index (χ1n) is 6.50. The standard InChI is InChI=1S/C13H27N3.HI/c1-15(2)13(16(3)4)14-11-7-10-12-8-5-6-9-12;/h12H,5-11H2,1-4H3;1H. The van der Waals surface area contributed by atoms with Crippen molar-refractivity contribution in [2.24, 2.45) is 10.9 Å². The van der Waals surface area contributed by atoms with E-state index in [2.05, 4.69) is 43.0 Å². The Labute approximate surface area is 124 Å². The lowest BCUT2D eigenvalue weighted by Gasteiger charge is -2.22. The normalized spacial score (nSPS) is 15.3. The number of aliphatic imine (C=N–C) groups is 1. The van der Waals surface area contributed by atoms with E-state index in [9.17, 15) is 0 Å². The van der Waals surface area contributed by atoms with Crippen LogP contribution in [0.2, 0.25) is 0 Å². The summed E-state index contributed by atoms with van der Waals surface area (Å²) in [5, 5.41) is 0. The second kappa shape index (κ2) is 9.00. The summed E-state index contributed by atoms with van der Waals surface area (Å²) >= 11 is 0. The van der Waals surface area contributed by atoms with Gasteiger partial charge in [0.05, 0.1) is 0 Å². The average Bonchev–Trinajstić information content (AvgIpc) is 2.68. The van der Waals surface area contributed by atoms with E-state index in [1.54, 1.807) is 0 Å². The van der Waals surface area contributed by atoms with E-state index in [1.807, 2.05) is 0 Å². The molecule has 0 radical (unpaired) electrons. The predicted molar refractivity (Wildman–Crippen MR) is 86.3 cm³/mol. The second-order valence-corrected chi connectivity index (χ2v) is 5.26. The monoisotopic (exact) mass is 353 g/mol. The molecular weight excluding hydrogens is 325 g/mol. The molecule has 102 valence electrons. The van der Waals surface area contributed by atoms with Gasteiger partial charge in [-0.3, -0.25) is 4.99 Å². The molecule has 0 aromatic carbocycles. The summed E-state index contributed by atoms with van der Waals surface area (Å²) in [7, 11) is 8.21. The van der Waals surface area contributed by atoms with E-state index in [4.69, 9.17) is 0 Å². The van der Waals surface area contributed by atoms with Crippen molar-refractivity contribution in [3.05, 3.63) is 0 Å². The largest absolute Gasteiger partial charge is 0.349 e. The summed E-state index contributed by atoms with van der Waals surface area (Å²) < 4.78 is 0. The van der Waals surface area contributed by atoms with Crippen molar-refractivity contribution in [1.29, 1.82) is 0 Å². The van der Waals surface area contributed by atoms with E-state index < -0.39 is 0 Å². The van der Waals surface area contributed by atoms with Gasteiger partial charge in [-0.25, -0.2) is 0 Å². The van der Waals surface area contributed by atoms with Crippen LogP contribution in [0.5, 0.6) is 0 Å². The zero-order valence-electron chi connectivity index (χ0n) is 11.8. The predicted octanol–water partition coefficient (Wildman–Crippen LogP) is 3.05. The molecule has 1 saturated carbocycles. The summed E-state index contributed by atoms with van der Waals surface area (Å²) in [6.45, 7) is 0.974. The minimum absolute atomic E-state index is 0. The zero-order chi connectivity index (χ0) is 12.0. The van der Waals surface area contributed by atoms with Crippen molar-refractivity contribution in [1.82, 2.24) is 9.80 Å². The van der Waals surface area contributed by atoms with Gasteiger partial charge >= 0.3 is 0 Å². The highest BCUT2D eigenvalue weighted by Gasteiger charge is 2.14. The van der Waals surface area contributed by atoms with Crippen LogP contribution in [0.25, 0.3) is 0 Å². The molecule has 1 aliphatic carbocycles. The number of hydrogen-bond acceptors (Lipinski definition) is 1. The molecule has 0 amide bonds. The quantitative estimate of drug-likeness (QED) is 0.335. The Morgan fingerprint density at radius 3 is 2.06 bits per heavy atom. The van der Waals surface area contributed by atoms with Crippen LogP contribution in [-0.2, 0) is 0 Å². The number of hydrogen-bond donors (Lipinski definition) is 0. The highest BCUT2D eigenvalue weighted by Crippen LogP contribution is 2.28. The highest BCUT2D eigenvalue weighted by atomic mass is 127. The average molecular weight is 353 g/mol.